The van der Waals surface area contributed by atoms with Crippen molar-refractivity contribution in [3.8, 4) is 5.75 Å². The van der Waals surface area contributed by atoms with Gasteiger partial charge in [-0.25, -0.2) is 4.98 Å². The molecule has 0 bridgehead atoms. The minimum Gasteiger partial charge on any atom is -0.497 e. The second kappa shape index (κ2) is 6.63. The summed E-state index contributed by atoms with van der Waals surface area (Å²) in [5.74, 6) is 1.47. The third kappa shape index (κ3) is 3.43. The first-order chi connectivity index (χ1) is 9.63. The van der Waals surface area contributed by atoms with Crippen LogP contribution in [0, 0.1) is 6.92 Å². The van der Waals surface area contributed by atoms with Crippen LogP contribution in [0.5, 0.6) is 5.75 Å². The Morgan fingerprint density at radius 3 is 2.85 bits per heavy atom. The van der Waals surface area contributed by atoms with Crippen molar-refractivity contribution >= 4 is 23.2 Å². The number of aryl methyl sites for hydroxylation is 1. The fraction of sp³-hybridized carbons (Fsp3) is 0.357. The minimum absolute atomic E-state index is 0.616. The minimum atomic E-state index is 0.616. The van der Waals surface area contributed by atoms with E-state index in [4.69, 9.17) is 21.1 Å². The topological polar surface area (TPSA) is 48.3 Å². The first kappa shape index (κ1) is 14.7. The molecular formula is C14H18ClN3O2. The number of methoxy groups -OCH3 is 2. The largest absolute Gasteiger partial charge is 0.497 e. The normalized spacial score (nSPS) is 10.6. The maximum absolute atomic E-state index is 6.19. The molecule has 0 amide bonds. The molecule has 6 heteroatoms. The fourth-order valence-electron chi connectivity index (χ4n) is 1.85. The molecule has 1 aromatic carbocycles. The fourth-order valence-corrected chi connectivity index (χ4v) is 2.02. The van der Waals surface area contributed by atoms with E-state index in [2.05, 4.69) is 10.3 Å². The Kier molecular flexibility index (Phi) is 4.87. The van der Waals surface area contributed by atoms with Gasteiger partial charge in [0.05, 0.1) is 30.1 Å². The number of benzene rings is 1. The van der Waals surface area contributed by atoms with Crippen molar-refractivity contribution in [1.29, 1.82) is 0 Å². The summed E-state index contributed by atoms with van der Waals surface area (Å²) in [6.07, 6.45) is 1.97. The Balaban J connectivity index is 2.25. The predicted molar refractivity (Wildman–Crippen MR) is 80.1 cm³/mol. The van der Waals surface area contributed by atoms with E-state index in [1.807, 2.05) is 29.8 Å². The molecule has 0 fully saturated rings. The molecule has 2 aromatic rings. The highest BCUT2D eigenvalue weighted by atomic mass is 35.5. The Labute approximate surface area is 123 Å². The molecule has 0 radical (unpaired) electrons. The average molecular weight is 296 g/mol. The summed E-state index contributed by atoms with van der Waals surface area (Å²) in [5.41, 5.74) is 1.69. The maximum Gasteiger partial charge on any atom is 0.207 e. The lowest BCUT2D eigenvalue weighted by molar-refractivity contribution is 0.188. The summed E-state index contributed by atoms with van der Waals surface area (Å²) in [6, 6.07) is 5.45. The molecule has 1 aromatic heterocycles. The quantitative estimate of drug-likeness (QED) is 0.889. The van der Waals surface area contributed by atoms with Gasteiger partial charge in [0, 0.05) is 25.9 Å². The Bertz CT molecular complexity index is 584. The number of imidazole rings is 1. The molecular weight excluding hydrogens is 278 g/mol. The molecule has 0 spiro atoms. The number of rotatable bonds is 6. The van der Waals surface area contributed by atoms with Gasteiger partial charge in [0.15, 0.2) is 0 Å². The molecule has 0 aliphatic carbocycles. The number of nitrogens with one attached hydrogen (secondary N) is 1. The van der Waals surface area contributed by atoms with Gasteiger partial charge in [-0.1, -0.05) is 11.6 Å². The van der Waals surface area contributed by atoms with E-state index in [-0.39, 0.29) is 0 Å². The second-order valence-corrected chi connectivity index (χ2v) is 4.77. The van der Waals surface area contributed by atoms with Crippen molar-refractivity contribution in [2.24, 2.45) is 0 Å². The van der Waals surface area contributed by atoms with Gasteiger partial charge in [0.2, 0.25) is 5.95 Å². The van der Waals surface area contributed by atoms with Crippen LogP contribution in [0.1, 0.15) is 5.69 Å². The smallest absolute Gasteiger partial charge is 0.207 e. The summed E-state index contributed by atoms with van der Waals surface area (Å²) in [7, 11) is 3.30. The van der Waals surface area contributed by atoms with E-state index in [1.54, 1.807) is 20.3 Å². The van der Waals surface area contributed by atoms with E-state index in [1.165, 1.54) is 0 Å². The Morgan fingerprint density at radius 2 is 2.15 bits per heavy atom. The van der Waals surface area contributed by atoms with Crippen LogP contribution in [0.4, 0.5) is 11.6 Å². The number of ether oxygens (including phenoxy) is 2. The third-order valence-corrected chi connectivity index (χ3v) is 3.18. The van der Waals surface area contributed by atoms with Crippen molar-refractivity contribution in [2.75, 3.05) is 26.1 Å². The summed E-state index contributed by atoms with van der Waals surface area (Å²) in [4.78, 5) is 4.45. The van der Waals surface area contributed by atoms with Crippen LogP contribution in [0.15, 0.2) is 24.4 Å². The van der Waals surface area contributed by atoms with Gasteiger partial charge < -0.3 is 19.4 Å². The molecule has 20 heavy (non-hydrogen) atoms. The van der Waals surface area contributed by atoms with E-state index in [0.29, 0.717) is 11.6 Å². The van der Waals surface area contributed by atoms with Crippen LogP contribution >= 0.6 is 11.6 Å². The SMILES string of the molecule is COCCn1cc(C)nc1Nc1cc(OC)ccc1Cl. The van der Waals surface area contributed by atoms with Gasteiger partial charge in [-0.2, -0.15) is 0 Å². The molecule has 0 unspecified atom stereocenters. The van der Waals surface area contributed by atoms with E-state index >= 15 is 0 Å². The molecule has 0 aliphatic heterocycles. The van der Waals surface area contributed by atoms with Crippen LogP contribution in [-0.4, -0.2) is 30.4 Å². The maximum atomic E-state index is 6.19. The first-order valence-corrected chi connectivity index (χ1v) is 6.65. The summed E-state index contributed by atoms with van der Waals surface area (Å²) < 4.78 is 12.3. The standard InChI is InChI=1S/C14H18ClN3O2/c1-10-9-18(6-7-19-2)14(16-10)17-13-8-11(20-3)4-5-12(13)15/h4-5,8-9H,6-7H2,1-3H3,(H,16,17). The Morgan fingerprint density at radius 1 is 1.35 bits per heavy atom. The first-order valence-electron chi connectivity index (χ1n) is 6.27. The summed E-state index contributed by atoms with van der Waals surface area (Å²) in [5, 5.41) is 3.85. The zero-order valence-electron chi connectivity index (χ0n) is 11.8. The number of nitrogens with zero attached hydrogens (tertiary/aromatic N) is 2. The van der Waals surface area contributed by atoms with Crippen LogP contribution < -0.4 is 10.1 Å². The number of anilines is 2. The summed E-state index contributed by atoms with van der Waals surface area (Å²) >= 11 is 6.19. The number of aromatic nitrogens is 2. The molecule has 5 nitrogen and oxygen atoms in total. The van der Waals surface area contributed by atoms with Crippen molar-refractivity contribution in [1.82, 2.24) is 9.55 Å². The lowest BCUT2D eigenvalue weighted by atomic mass is 10.3. The average Bonchev–Trinajstić information content (AvgIpc) is 2.79. The molecule has 0 saturated carbocycles. The number of hydrogen-bond donors (Lipinski definition) is 1. The van der Waals surface area contributed by atoms with E-state index in [9.17, 15) is 0 Å². The third-order valence-electron chi connectivity index (χ3n) is 2.85. The van der Waals surface area contributed by atoms with Gasteiger partial charge in [0.1, 0.15) is 5.75 Å². The molecule has 0 aliphatic rings. The van der Waals surface area contributed by atoms with Crippen LogP contribution in [0.3, 0.4) is 0 Å². The highest BCUT2D eigenvalue weighted by molar-refractivity contribution is 6.33. The molecule has 2 rings (SSSR count). The van der Waals surface area contributed by atoms with Crippen molar-refractivity contribution in [2.45, 2.75) is 13.5 Å². The lowest BCUT2D eigenvalue weighted by Gasteiger charge is -2.11. The second-order valence-electron chi connectivity index (χ2n) is 4.36. The van der Waals surface area contributed by atoms with Crippen LogP contribution in [0.25, 0.3) is 0 Å². The summed E-state index contributed by atoms with van der Waals surface area (Å²) in [6.45, 7) is 3.29. The number of hydrogen-bond acceptors (Lipinski definition) is 4. The van der Waals surface area contributed by atoms with Crippen molar-refractivity contribution in [3.63, 3.8) is 0 Å². The zero-order chi connectivity index (χ0) is 14.5. The van der Waals surface area contributed by atoms with Gasteiger partial charge >= 0.3 is 0 Å². The van der Waals surface area contributed by atoms with Crippen LogP contribution in [-0.2, 0) is 11.3 Å². The molecule has 0 atom stereocenters. The van der Waals surface area contributed by atoms with E-state index < -0.39 is 0 Å². The number of halogens is 1. The van der Waals surface area contributed by atoms with Gasteiger partial charge in [-0.05, 0) is 19.1 Å². The highest BCUT2D eigenvalue weighted by Gasteiger charge is 2.09. The van der Waals surface area contributed by atoms with Crippen molar-refractivity contribution in [3.05, 3.63) is 35.1 Å². The van der Waals surface area contributed by atoms with Gasteiger partial charge in [-0.15, -0.1) is 0 Å². The molecule has 1 heterocycles. The van der Waals surface area contributed by atoms with Crippen molar-refractivity contribution < 1.29 is 9.47 Å². The lowest BCUT2D eigenvalue weighted by Crippen LogP contribution is -2.07. The monoisotopic (exact) mass is 295 g/mol. The van der Waals surface area contributed by atoms with Gasteiger partial charge in [0.25, 0.3) is 0 Å². The molecule has 108 valence electrons. The predicted octanol–water partition coefficient (Wildman–Crippen LogP) is 3.24. The van der Waals surface area contributed by atoms with Gasteiger partial charge in [-0.3, -0.25) is 0 Å². The zero-order valence-corrected chi connectivity index (χ0v) is 12.6. The van der Waals surface area contributed by atoms with Crippen LogP contribution in [0.2, 0.25) is 5.02 Å². The molecule has 0 saturated heterocycles. The van der Waals surface area contributed by atoms with E-state index in [0.717, 1.165) is 29.6 Å². The Hall–Kier alpha value is -1.72. The highest BCUT2D eigenvalue weighted by Crippen LogP contribution is 2.29. The molecule has 1 N–H and O–H groups in total.